The Hall–Kier alpha value is -3.81. The van der Waals surface area contributed by atoms with E-state index in [0.29, 0.717) is 0 Å². The average molecular weight is 511 g/mol. The third-order valence-corrected chi connectivity index (χ3v) is 7.17. The van der Waals surface area contributed by atoms with Gasteiger partial charge in [0.15, 0.2) is 0 Å². The molecule has 37 heavy (non-hydrogen) atoms. The number of H-pyrrole nitrogens is 1. The molecule has 0 radical (unpaired) electrons. The molecule has 0 fully saturated rings. The average Bonchev–Trinajstić information content (AvgIpc) is 3.57. The summed E-state index contributed by atoms with van der Waals surface area (Å²) in [6.45, 7) is 13.4. The number of rotatable bonds is 11. The predicted molar refractivity (Wildman–Crippen MR) is 157 cm³/mol. The highest BCUT2D eigenvalue weighted by Crippen LogP contribution is 2.30. The molecule has 4 rings (SSSR count). The molecule has 0 unspecified atom stereocenters. The Labute approximate surface area is 223 Å². The Bertz CT molecular complexity index is 1460. The lowest BCUT2D eigenvalue weighted by atomic mass is 10.0. The van der Waals surface area contributed by atoms with Crippen molar-refractivity contribution in [3.63, 3.8) is 0 Å². The van der Waals surface area contributed by atoms with Crippen LogP contribution >= 0.6 is 11.3 Å². The SMILES string of the molecule is C=C/C=C(\C(C)=C(/C)NC(=C)c1n[nH]c2cnc(-c3cncc(CCCN(C)C)c3)cc12)c1cccs1. The maximum absolute atomic E-state index is 4.67. The fraction of sp³-hybridized carbons (Fsp3) is 0.233. The van der Waals surface area contributed by atoms with Gasteiger partial charge in [-0.2, -0.15) is 5.10 Å². The number of aromatic amines is 1. The van der Waals surface area contributed by atoms with Crippen molar-refractivity contribution in [3.8, 4) is 11.3 Å². The molecule has 4 aromatic heterocycles. The van der Waals surface area contributed by atoms with E-state index in [2.05, 4.69) is 101 Å². The predicted octanol–water partition coefficient (Wildman–Crippen LogP) is 6.70. The lowest BCUT2D eigenvalue weighted by molar-refractivity contribution is 0.400. The van der Waals surface area contributed by atoms with E-state index in [9.17, 15) is 0 Å². The van der Waals surface area contributed by atoms with Crippen molar-refractivity contribution in [1.82, 2.24) is 30.4 Å². The molecule has 0 aliphatic heterocycles. The zero-order valence-corrected chi connectivity index (χ0v) is 22.8. The minimum absolute atomic E-state index is 0.722. The molecular formula is C30H34N6S. The number of fused-ring (bicyclic) bond motifs is 1. The molecule has 0 aliphatic rings. The number of aromatic nitrogens is 4. The quantitative estimate of drug-likeness (QED) is 0.220. The van der Waals surface area contributed by atoms with Gasteiger partial charge in [-0.3, -0.25) is 15.1 Å². The minimum Gasteiger partial charge on any atom is -0.358 e. The van der Waals surface area contributed by atoms with Crippen LogP contribution < -0.4 is 5.32 Å². The summed E-state index contributed by atoms with van der Waals surface area (Å²) in [5.41, 5.74) is 8.70. The van der Waals surface area contributed by atoms with Crippen molar-refractivity contribution in [2.75, 3.05) is 20.6 Å². The van der Waals surface area contributed by atoms with Crippen LogP contribution in [-0.4, -0.2) is 45.7 Å². The van der Waals surface area contributed by atoms with Crippen LogP contribution in [0.2, 0.25) is 0 Å². The molecule has 0 saturated heterocycles. The van der Waals surface area contributed by atoms with Crippen LogP contribution in [0.4, 0.5) is 0 Å². The van der Waals surface area contributed by atoms with Crippen molar-refractivity contribution in [1.29, 1.82) is 0 Å². The normalized spacial score (nSPS) is 12.6. The summed E-state index contributed by atoms with van der Waals surface area (Å²) in [4.78, 5) is 12.5. The number of hydrogen-bond donors (Lipinski definition) is 2. The van der Waals surface area contributed by atoms with Gasteiger partial charge < -0.3 is 10.2 Å². The summed E-state index contributed by atoms with van der Waals surface area (Å²) < 4.78 is 0. The Morgan fingerprint density at radius 2 is 2.03 bits per heavy atom. The molecule has 0 spiro atoms. The number of allylic oxidation sites excluding steroid dienone is 5. The second-order valence-corrected chi connectivity index (χ2v) is 10.3. The Kier molecular flexibility index (Phi) is 8.48. The van der Waals surface area contributed by atoms with Crippen molar-refractivity contribution >= 4 is 33.5 Å². The number of pyridine rings is 2. The van der Waals surface area contributed by atoms with E-state index < -0.39 is 0 Å². The highest BCUT2D eigenvalue weighted by molar-refractivity contribution is 7.11. The number of thiophene rings is 1. The molecular weight excluding hydrogens is 476 g/mol. The van der Waals surface area contributed by atoms with Crippen molar-refractivity contribution in [2.45, 2.75) is 26.7 Å². The van der Waals surface area contributed by atoms with Crippen LogP contribution in [0, 0.1) is 0 Å². The number of aryl methyl sites for hydroxylation is 1. The van der Waals surface area contributed by atoms with Gasteiger partial charge in [-0.05, 0) is 87.6 Å². The van der Waals surface area contributed by atoms with E-state index >= 15 is 0 Å². The zero-order chi connectivity index (χ0) is 26.4. The highest BCUT2D eigenvalue weighted by Gasteiger charge is 2.14. The fourth-order valence-electron chi connectivity index (χ4n) is 4.19. The maximum atomic E-state index is 4.67. The summed E-state index contributed by atoms with van der Waals surface area (Å²) in [5, 5.41) is 14.2. The largest absolute Gasteiger partial charge is 0.358 e. The van der Waals surface area contributed by atoms with Gasteiger partial charge in [-0.15, -0.1) is 11.3 Å². The Morgan fingerprint density at radius 3 is 2.76 bits per heavy atom. The monoisotopic (exact) mass is 510 g/mol. The first-order chi connectivity index (χ1) is 17.9. The van der Waals surface area contributed by atoms with E-state index in [4.69, 9.17) is 0 Å². The highest BCUT2D eigenvalue weighted by atomic mass is 32.1. The molecule has 4 aromatic rings. The molecule has 0 bridgehead atoms. The van der Waals surface area contributed by atoms with E-state index in [0.717, 1.165) is 69.8 Å². The van der Waals surface area contributed by atoms with Crippen molar-refractivity contribution < 1.29 is 0 Å². The Morgan fingerprint density at radius 1 is 1.19 bits per heavy atom. The van der Waals surface area contributed by atoms with Gasteiger partial charge in [0.05, 0.1) is 23.1 Å². The Balaban J connectivity index is 1.59. The zero-order valence-electron chi connectivity index (χ0n) is 22.0. The van der Waals surface area contributed by atoms with Gasteiger partial charge in [0.2, 0.25) is 0 Å². The lowest BCUT2D eigenvalue weighted by Gasteiger charge is -2.14. The summed E-state index contributed by atoms with van der Waals surface area (Å²) in [5.74, 6) is 0. The maximum Gasteiger partial charge on any atom is 0.116 e. The van der Waals surface area contributed by atoms with Crippen LogP contribution in [-0.2, 0) is 6.42 Å². The van der Waals surface area contributed by atoms with Gasteiger partial charge in [0, 0.05) is 33.9 Å². The standard InChI is InChI=1S/C30H34N6S/c1-7-10-25(29-12-9-14-37-29)20(2)21(3)33-22(4)30-26-16-27(32-19-28(26)34-35-30)24-15-23(17-31-18-24)11-8-13-36(5)6/h7,9-10,12,14-19,33H,1,4,8,11,13H2,2-3,5-6H3,(H,34,35)/b21-20+,25-10+. The van der Waals surface area contributed by atoms with Crippen LogP contribution in [0.1, 0.15) is 36.4 Å². The van der Waals surface area contributed by atoms with Crippen molar-refractivity contribution in [3.05, 3.63) is 101 Å². The molecule has 0 atom stereocenters. The lowest BCUT2D eigenvalue weighted by Crippen LogP contribution is -2.13. The fourth-order valence-corrected chi connectivity index (χ4v) is 5.00. The van der Waals surface area contributed by atoms with Crippen LogP contribution in [0.3, 0.4) is 0 Å². The molecule has 0 aromatic carbocycles. The van der Waals surface area contributed by atoms with Crippen LogP contribution in [0.15, 0.2) is 84.8 Å². The van der Waals surface area contributed by atoms with Gasteiger partial charge >= 0.3 is 0 Å². The van der Waals surface area contributed by atoms with Gasteiger partial charge in [0.25, 0.3) is 0 Å². The smallest absolute Gasteiger partial charge is 0.116 e. The van der Waals surface area contributed by atoms with Gasteiger partial charge in [0.1, 0.15) is 5.69 Å². The number of nitrogens with one attached hydrogen (secondary N) is 2. The summed E-state index contributed by atoms with van der Waals surface area (Å²) in [7, 11) is 4.19. The molecule has 0 amide bonds. The van der Waals surface area contributed by atoms with Gasteiger partial charge in [-0.1, -0.05) is 31.4 Å². The summed E-state index contributed by atoms with van der Waals surface area (Å²) in [6.07, 6.45) is 11.6. The second kappa shape index (κ2) is 12.0. The molecule has 7 heteroatoms. The molecule has 0 saturated carbocycles. The topological polar surface area (TPSA) is 69.7 Å². The minimum atomic E-state index is 0.722. The summed E-state index contributed by atoms with van der Waals surface area (Å²) >= 11 is 1.71. The third-order valence-electron chi connectivity index (χ3n) is 6.27. The molecule has 0 aliphatic carbocycles. The van der Waals surface area contributed by atoms with E-state index in [1.165, 1.54) is 10.4 Å². The van der Waals surface area contributed by atoms with Gasteiger partial charge in [-0.25, -0.2) is 0 Å². The van der Waals surface area contributed by atoms with Crippen LogP contribution in [0.5, 0.6) is 0 Å². The first kappa shape index (κ1) is 26.3. The number of hydrogen-bond acceptors (Lipinski definition) is 6. The molecule has 6 nitrogen and oxygen atoms in total. The number of nitrogens with zero attached hydrogens (tertiary/aromatic N) is 4. The first-order valence-corrected chi connectivity index (χ1v) is 13.2. The summed E-state index contributed by atoms with van der Waals surface area (Å²) in [6, 6.07) is 8.41. The van der Waals surface area contributed by atoms with Crippen LogP contribution in [0.25, 0.3) is 33.4 Å². The molecule has 2 N–H and O–H groups in total. The van der Waals surface area contributed by atoms with E-state index in [-0.39, 0.29) is 0 Å². The first-order valence-electron chi connectivity index (χ1n) is 12.3. The third kappa shape index (κ3) is 6.31. The molecule has 190 valence electrons. The second-order valence-electron chi connectivity index (χ2n) is 9.32. The van der Waals surface area contributed by atoms with Crippen molar-refractivity contribution in [2.24, 2.45) is 0 Å². The molecule has 4 heterocycles. The van der Waals surface area contributed by atoms with E-state index in [1.807, 2.05) is 30.7 Å². The van der Waals surface area contributed by atoms with E-state index in [1.54, 1.807) is 11.3 Å².